The quantitative estimate of drug-likeness (QED) is 0.680. The molecule has 0 radical (unpaired) electrons. The fourth-order valence-electron chi connectivity index (χ4n) is 4.81. The molecule has 3 aliphatic rings. The third-order valence-corrected chi connectivity index (χ3v) is 5.62. The third-order valence-electron chi connectivity index (χ3n) is 5.62. The van der Waals surface area contributed by atoms with Crippen molar-refractivity contribution in [2.45, 2.75) is 64.6 Å². The molecule has 118 valence electrons. The van der Waals surface area contributed by atoms with E-state index < -0.39 is 5.79 Å². The molecule has 1 saturated heterocycles. The minimum Gasteiger partial charge on any atom is -0.425 e. The lowest BCUT2D eigenvalue weighted by molar-refractivity contribution is -0.172. The Morgan fingerprint density at radius 3 is 2.77 bits per heavy atom. The van der Waals surface area contributed by atoms with Crippen LogP contribution < -0.4 is 0 Å². The van der Waals surface area contributed by atoms with Crippen LogP contribution in [0.3, 0.4) is 0 Å². The van der Waals surface area contributed by atoms with Gasteiger partial charge in [-0.2, -0.15) is 0 Å². The van der Waals surface area contributed by atoms with Gasteiger partial charge in [0.2, 0.25) is 5.79 Å². The maximum atomic E-state index is 12.6. The van der Waals surface area contributed by atoms with Gasteiger partial charge in [0, 0.05) is 12.0 Å². The summed E-state index contributed by atoms with van der Waals surface area (Å²) in [4.78, 5) is 12.6. The van der Waals surface area contributed by atoms with E-state index in [1.165, 1.54) is 23.1 Å². The van der Waals surface area contributed by atoms with Crippen molar-refractivity contribution >= 4 is 5.97 Å². The van der Waals surface area contributed by atoms with Gasteiger partial charge in [0.1, 0.15) is 0 Å². The molecule has 0 bridgehead atoms. The summed E-state index contributed by atoms with van der Waals surface area (Å²) in [6.45, 7) is 9.55. The van der Waals surface area contributed by atoms with E-state index in [0.29, 0.717) is 12.5 Å². The van der Waals surface area contributed by atoms with Crippen LogP contribution in [0.2, 0.25) is 0 Å². The molecule has 2 unspecified atom stereocenters. The highest BCUT2D eigenvalue weighted by atomic mass is 16.7. The lowest BCUT2D eigenvalue weighted by Crippen LogP contribution is -2.28. The first-order chi connectivity index (χ1) is 10.3. The molecule has 3 nitrogen and oxygen atoms in total. The largest absolute Gasteiger partial charge is 0.425 e. The zero-order chi connectivity index (χ0) is 15.7. The molecule has 0 aromatic heterocycles. The van der Waals surface area contributed by atoms with Crippen molar-refractivity contribution in [2.24, 2.45) is 5.92 Å². The van der Waals surface area contributed by atoms with E-state index in [2.05, 4.69) is 33.8 Å². The van der Waals surface area contributed by atoms with E-state index >= 15 is 0 Å². The summed E-state index contributed by atoms with van der Waals surface area (Å²) >= 11 is 0. The van der Waals surface area contributed by atoms with Gasteiger partial charge in [-0.3, -0.25) is 0 Å². The number of hydrogen-bond acceptors (Lipinski definition) is 3. The number of benzene rings is 1. The summed E-state index contributed by atoms with van der Waals surface area (Å²) in [6, 6.07) is 2.16. The first kappa shape index (κ1) is 14.3. The molecule has 0 N–H and O–H groups in total. The standard InChI is InChI=1S/C19H24O3/c1-11-9-19(21-10-11)14-8-12(2)16-13(15(14)17(20)22-19)6-5-7-18(16,3)4/h8,11H,5-7,9-10H2,1-4H3. The van der Waals surface area contributed by atoms with Gasteiger partial charge < -0.3 is 9.47 Å². The normalized spacial score (nSPS) is 32.0. The number of carbonyl (C=O) groups excluding carboxylic acids is 1. The molecule has 1 aromatic carbocycles. The molecule has 1 spiro atoms. The Bertz CT molecular complexity index is 674. The van der Waals surface area contributed by atoms with E-state index in [0.717, 1.165) is 30.4 Å². The zero-order valence-corrected chi connectivity index (χ0v) is 13.9. The fourth-order valence-corrected chi connectivity index (χ4v) is 4.81. The van der Waals surface area contributed by atoms with Crippen LogP contribution in [0.5, 0.6) is 0 Å². The van der Waals surface area contributed by atoms with Gasteiger partial charge in [0.15, 0.2) is 0 Å². The van der Waals surface area contributed by atoms with E-state index in [4.69, 9.17) is 9.47 Å². The summed E-state index contributed by atoms with van der Waals surface area (Å²) in [5, 5.41) is 0. The summed E-state index contributed by atoms with van der Waals surface area (Å²) in [6.07, 6.45) is 4.05. The van der Waals surface area contributed by atoms with Gasteiger partial charge in [-0.1, -0.05) is 20.8 Å². The molecule has 1 aromatic rings. The van der Waals surface area contributed by atoms with Crippen LogP contribution in [0.1, 0.15) is 72.6 Å². The summed E-state index contributed by atoms with van der Waals surface area (Å²) in [7, 11) is 0. The van der Waals surface area contributed by atoms with Gasteiger partial charge in [0.25, 0.3) is 0 Å². The molecule has 0 amide bonds. The molecule has 2 atom stereocenters. The molecule has 2 heterocycles. The smallest absolute Gasteiger partial charge is 0.341 e. The lowest BCUT2D eigenvalue weighted by Gasteiger charge is -2.35. The minimum atomic E-state index is -0.812. The van der Waals surface area contributed by atoms with Gasteiger partial charge in [-0.05, 0) is 60.3 Å². The first-order valence-corrected chi connectivity index (χ1v) is 8.39. The van der Waals surface area contributed by atoms with Gasteiger partial charge in [-0.25, -0.2) is 4.79 Å². The second-order valence-electron chi connectivity index (χ2n) is 7.97. The number of ether oxygens (including phenoxy) is 2. The van der Waals surface area contributed by atoms with Gasteiger partial charge in [-0.15, -0.1) is 0 Å². The predicted octanol–water partition coefficient (Wildman–Crippen LogP) is 3.99. The number of esters is 1. The van der Waals surface area contributed by atoms with E-state index in [1.807, 2.05) is 0 Å². The number of rotatable bonds is 0. The van der Waals surface area contributed by atoms with Crippen molar-refractivity contribution in [3.63, 3.8) is 0 Å². The van der Waals surface area contributed by atoms with Crippen LogP contribution >= 0.6 is 0 Å². The van der Waals surface area contributed by atoms with Crippen LogP contribution in [0.25, 0.3) is 0 Å². The zero-order valence-electron chi connectivity index (χ0n) is 13.9. The summed E-state index contributed by atoms with van der Waals surface area (Å²) in [5.74, 6) is -0.572. The molecular weight excluding hydrogens is 276 g/mol. The van der Waals surface area contributed by atoms with Gasteiger partial charge >= 0.3 is 5.97 Å². The Labute approximate surface area is 132 Å². The molecule has 22 heavy (non-hydrogen) atoms. The molecule has 0 saturated carbocycles. The van der Waals surface area contributed by atoms with Crippen LogP contribution in [0.4, 0.5) is 0 Å². The number of aryl methyl sites for hydroxylation is 1. The third kappa shape index (κ3) is 1.75. The van der Waals surface area contributed by atoms with E-state index in [9.17, 15) is 4.79 Å². The Morgan fingerprint density at radius 2 is 2.09 bits per heavy atom. The highest BCUT2D eigenvalue weighted by molar-refractivity contribution is 5.97. The van der Waals surface area contributed by atoms with Crippen molar-refractivity contribution in [1.82, 2.24) is 0 Å². The Balaban J connectivity index is 1.96. The molecular formula is C19H24O3. The number of fused-ring (bicyclic) bond motifs is 4. The number of carbonyl (C=O) groups is 1. The second kappa shape index (κ2) is 4.35. The topological polar surface area (TPSA) is 35.5 Å². The molecule has 1 fully saturated rings. The van der Waals surface area contributed by atoms with Crippen molar-refractivity contribution < 1.29 is 14.3 Å². The summed E-state index contributed by atoms with van der Waals surface area (Å²) < 4.78 is 11.7. The van der Waals surface area contributed by atoms with Crippen molar-refractivity contribution in [1.29, 1.82) is 0 Å². The van der Waals surface area contributed by atoms with Crippen molar-refractivity contribution in [2.75, 3.05) is 6.61 Å². The Hall–Kier alpha value is -1.35. The first-order valence-electron chi connectivity index (χ1n) is 8.39. The fraction of sp³-hybridized carbons (Fsp3) is 0.632. The lowest BCUT2D eigenvalue weighted by atomic mass is 9.69. The SMILES string of the molecule is Cc1cc2c(c3c1C(C)(C)CCC3)C(=O)OC21CC(C)CO1. The van der Waals surface area contributed by atoms with E-state index in [-0.39, 0.29) is 11.4 Å². The monoisotopic (exact) mass is 300 g/mol. The highest BCUT2D eigenvalue weighted by Crippen LogP contribution is 2.51. The summed E-state index contributed by atoms with van der Waals surface area (Å²) in [5.41, 5.74) is 5.78. The van der Waals surface area contributed by atoms with Crippen LogP contribution in [-0.4, -0.2) is 12.6 Å². The maximum absolute atomic E-state index is 12.6. The van der Waals surface area contributed by atoms with Crippen molar-refractivity contribution in [3.05, 3.63) is 33.9 Å². The average molecular weight is 300 g/mol. The maximum Gasteiger partial charge on any atom is 0.341 e. The molecule has 1 aliphatic carbocycles. The van der Waals surface area contributed by atoms with Crippen molar-refractivity contribution in [3.8, 4) is 0 Å². The van der Waals surface area contributed by atoms with Gasteiger partial charge in [0.05, 0.1) is 12.2 Å². The van der Waals surface area contributed by atoms with Crippen LogP contribution in [0.15, 0.2) is 6.07 Å². The molecule has 4 rings (SSSR count). The molecule has 3 heteroatoms. The van der Waals surface area contributed by atoms with Crippen LogP contribution in [0, 0.1) is 12.8 Å². The minimum absolute atomic E-state index is 0.132. The van der Waals surface area contributed by atoms with Crippen LogP contribution in [-0.2, 0) is 27.1 Å². The average Bonchev–Trinajstić information content (AvgIpc) is 2.91. The number of hydrogen-bond donors (Lipinski definition) is 0. The molecule has 2 aliphatic heterocycles. The second-order valence-corrected chi connectivity index (χ2v) is 7.97. The van der Waals surface area contributed by atoms with E-state index in [1.54, 1.807) is 0 Å². The highest BCUT2D eigenvalue weighted by Gasteiger charge is 2.53. The predicted molar refractivity (Wildman–Crippen MR) is 84.0 cm³/mol. The Kier molecular flexibility index (Phi) is 2.82. The Morgan fingerprint density at radius 1 is 1.32 bits per heavy atom.